The zero-order valence-electron chi connectivity index (χ0n) is 13.1. The van der Waals surface area contributed by atoms with Crippen LogP contribution < -0.4 is 5.32 Å². The van der Waals surface area contributed by atoms with Crippen LogP contribution in [0.15, 0.2) is 0 Å². The molecule has 20 heavy (non-hydrogen) atoms. The first-order valence-electron chi connectivity index (χ1n) is 7.71. The Balaban J connectivity index is 1.94. The Labute approximate surface area is 123 Å². The molecule has 6 heteroatoms. The van der Waals surface area contributed by atoms with E-state index >= 15 is 0 Å². The van der Waals surface area contributed by atoms with Gasteiger partial charge in [0.05, 0.1) is 5.75 Å². The second kappa shape index (κ2) is 6.30. The molecule has 5 nitrogen and oxygen atoms in total. The van der Waals surface area contributed by atoms with Crippen molar-refractivity contribution in [2.45, 2.75) is 50.1 Å². The van der Waals surface area contributed by atoms with Crippen molar-refractivity contribution in [3.63, 3.8) is 0 Å². The van der Waals surface area contributed by atoms with Gasteiger partial charge in [-0.3, -0.25) is 0 Å². The van der Waals surface area contributed by atoms with Crippen molar-refractivity contribution in [2.75, 3.05) is 40.0 Å². The van der Waals surface area contributed by atoms with Crippen LogP contribution in [0.5, 0.6) is 0 Å². The number of hydrogen-bond donors (Lipinski definition) is 1. The predicted octanol–water partition coefficient (Wildman–Crippen LogP) is 0.874. The Morgan fingerprint density at radius 1 is 1.15 bits per heavy atom. The summed E-state index contributed by atoms with van der Waals surface area (Å²) in [6, 6.07) is 0.132. The summed E-state index contributed by atoms with van der Waals surface area (Å²) in [5.74, 6) is 0.243. The first-order chi connectivity index (χ1) is 9.36. The number of nitrogens with zero attached hydrogens (tertiary/aromatic N) is 2. The summed E-state index contributed by atoms with van der Waals surface area (Å²) in [5.41, 5.74) is 0.0574. The van der Waals surface area contributed by atoms with E-state index in [4.69, 9.17) is 0 Å². The number of likely N-dealkylation sites (N-methyl/N-ethyl adjacent to an activating group) is 2. The van der Waals surface area contributed by atoms with Crippen LogP contribution in [0.3, 0.4) is 0 Å². The van der Waals surface area contributed by atoms with Gasteiger partial charge in [-0.05, 0) is 52.7 Å². The third-order valence-corrected chi connectivity index (χ3v) is 6.95. The van der Waals surface area contributed by atoms with Crippen LogP contribution in [0, 0.1) is 0 Å². The molecular formula is C14H29N3O2S. The zero-order valence-corrected chi connectivity index (χ0v) is 13.9. The fourth-order valence-corrected chi connectivity index (χ4v) is 4.78. The number of piperidine rings is 1. The molecule has 1 saturated carbocycles. The molecule has 0 amide bonds. The number of sulfonamides is 1. The second-order valence-electron chi connectivity index (χ2n) is 6.65. The molecule has 0 radical (unpaired) electrons. The maximum absolute atomic E-state index is 12.5. The first kappa shape index (κ1) is 16.2. The SMILES string of the molecule is CN(C)C1(CN(C)S(=O)(=O)CC2CCCCN2)CCC1. The van der Waals surface area contributed by atoms with Crippen LogP contribution >= 0.6 is 0 Å². The van der Waals surface area contributed by atoms with Gasteiger partial charge in [-0.15, -0.1) is 0 Å². The molecule has 0 aromatic rings. The molecule has 1 N–H and O–H groups in total. The van der Waals surface area contributed by atoms with Crippen LogP contribution in [0.2, 0.25) is 0 Å². The van der Waals surface area contributed by atoms with E-state index in [9.17, 15) is 8.42 Å². The molecule has 1 aliphatic heterocycles. The Morgan fingerprint density at radius 3 is 2.30 bits per heavy atom. The Bertz CT molecular complexity index is 412. The summed E-state index contributed by atoms with van der Waals surface area (Å²) < 4.78 is 26.6. The molecule has 1 atom stereocenters. The molecule has 0 aromatic carbocycles. The van der Waals surface area contributed by atoms with Crippen molar-refractivity contribution < 1.29 is 8.42 Å². The van der Waals surface area contributed by atoms with Gasteiger partial charge in [0.2, 0.25) is 10.0 Å². The lowest BCUT2D eigenvalue weighted by Gasteiger charge is -2.49. The maximum atomic E-state index is 12.5. The third kappa shape index (κ3) is 3.53. The van der Waals surface area contributed by atoms with Crippen LogP contribution in [-0.2, 0) is 10.0 Å². The largest absolute Gasteiger partial charge is 0.313 e. The van der Waals surface area contributed by atoms with Gasteiger partial charge in [-0.1, -0.05) is 6.42 Å². The normalized spacial score (nSPS) is 26.8. The predicted molar refractivity (Wildman–Crippen MR) is 82.3 cm³/mol. The summed E-state index contributed by atoms with van der Waals surface area (Å²) in [6.45, 7) is 1.57. The lowest BCUT2D eigenvalue weighted by atomic mass is 9.75. The quantitative estimate of drug-likeness (QED) is 0.791. The summed E-state index contributed by atoms with van der Waals surface area (Å²) in [4.78, 5) is 2.20. The maximum Gasteiger partial charge on any atom is 0.215 e. The summed E-state index contributed by atoms with van der Waals surface area (Å²) in [5, 5.41) is 3.33. The summed E-state index contributed by atoms with van der Waals surface area (Å²) >= 11 is 0. The lowest BCUT2D eigenvalue weighted by molar-refractivity contribution is 0.0455. The van der Waals surface area contributed by atoms with Crippen LogP contribution in [-0.4, -0.2) is 69.2 Å². The molecule has 0 aromatic heterocycles. The van der Waals surface area contributed by atoms with E-state index in [2.05, 4.69) is 24.3 Å². The summed E-state index contributed by atoms with van der Waals surface area (Å²) in [7, 11) is 2.69. The Morgan fingerprint density at radius 2 is 1.85 bits per heavy atom. The molecule has 2 rings (SSSR count). The molecule has 1 unspecified atom stereocenters. The molecule has 1 heterocycles. The minimum atomic E-state index is -3.16. The highest BCUT2D eigenvalue weighted by Crippen LogP contribution is 2.37. The van der Waals surface area contributed by atoms with Crippen molar-refractivity contribution >= 4 is 10.0 Å². The zero-order chi connectivity index (χ0) is 14.8. The van der Waals surface area contributed by atoms with Gasteiger partial charge in [0, 0.05) is 25.2 Å². The molecule has 2 aliphatic rings. The van der Waals surface area contributed by atoms with Gasteiger partial charge < -0.3 is 10.2 Å². The minimum Gasteiger partial charge on any atom is -0.313 e. The highest BCUT2D eigenvalue weighted by Gasteiger charge is 2.42. The molecule has 0 spiro atoms. The van der Waals surface area contributed by atoms with Gasteiger partial charge in [0.1, 0.15) is 0 Å². The van der Waals surface area contributed by atoms with E-state index in [1.54, 1.807) is 11.4 Å². The molecule has 0 bridgehead atoms. The van der Waals surface area contributed by atoms with Crippen molar-refractivity contribution in [1.29, 1.82) is 0 Å². The minimum absolute atomic E-state index is 0.0574. The fraction of sp³-hybridized carbons (Fsp3) is 1.00. The van der Waals surface area contributed by atoms with E-state index in [0.29, 0.717) is 6.54 Å². The number of rotatable bonds is 6. The monoisotopic (exact) mass is 303 g/mol. The lowest BCUT2D eigenvalue weighted by Crippen LogP contribution is -2.58. The Hall–Kier alpha value is -0.170. The van der Waals surface area contributed by atoms with Gasteiger partial charge in [-0.25, -0.2) is 12.7 Å². The standard InChI is InChI=1S/C14H29N3O2S/c1-16(2)14(8-6-9-14)12-17(3)20(18,19)11-13-7-4-5-10-15-13/h13,15H,4-12H2,1-3H3. The van der Waals surface area contributed by atoms with E-state index in [0.717, 1.165) is 38.6 Å². The smallest absolute Gasteiger partial charge is 0.215 e. The summed E-state index contributed by atoms with van der Waals surface area (Å²) in [6.07, 6.45) is 6.68. The van der Waals surface area contributed by atoms with E-state index in [-0.39, 0.29) is 17.3 Å². The number of hydrogen-bond acceptors (Lipinski definition) is 4. The van der Waals surface area contributed by atoms with E-state index < -0.39 is 10.0 Å². The van der Waals surface area contributed by atoms with Crippen molar-refractivity contribution in [3.05, 3.63) is 0 Å². The van der Waals surface area contributed by atoms with Crippen molar-refractivity contribution in [1.82, 2.24) is 14.5 Å². The average Bonchev–Trinajstić information content (AvgIpc) is 2.33. The molecule has 1 aliphatic carbocycles. The van der Waals surface area contributed by atoms with Gasteiger partial charge in [-0.2, -0.15) is 0 Å². The van der Waals surface area contributed by atoms with E-state index in [1.807, 2.05) is 0 Å². The molecule has 118 valence electrons. The van der Waals surface area contributed by atoms with Crippen molar-refractivity contribution in [3.8, 4) is 0 Å². The molecule has 1 saturated heterocycles. The van der Waals surface area contributed by atoms with Gasteiger partial charge >= 0.3 is 0 Å². The molecular weight excluding hydrogens is 274 g/mol. The number of nitrogens with one attached hydrogen (secondary N) is 1. The fourth-order valence-electron chi connectivity index (χ4n) is 3.29. The average molecular weight is 303 g/mol. The topological polar surface area (TPSA) is 52.7 Å². The van der Waals surface area contributed by atoms with E-state index in [1.165, 1.54) is 6.42 Å². The molecule has 2 fully saturated rings. The Kier molecular flexibility index (Phi) is 5.10. The van der Waals surface area contributed by atoms with Crippen molar-refractivity contribution in [2.24, 2.45) is 0 Å². The van der Waals surface area contributed by atoms with Gasteiger partial charge in [0.15, 0.2) is 0 Å². The second-order valence-corrected chi connectivity index (χ2v) is 8.77. The van der Waals surface area contributed by atoms with Gasteiger partial charge in [0.25, 0.3) is 0 Å². The highest BCUT2D eigenvalue weighted by atomic mass is 32.2. The van der Waals surface area contributed by atoms with Crippen LogP contribution in [0.25, 0.3) is 0 Å². The van der Waals surface area contributed by atoms with Crippen LogP contribution in [0.4, 0.5) is 0 Å². The third-order valence-electron chi connectivity index (χ3n) is 5.05. The highest BCUT2D eigenvalue weighted by molar-refractivity contribution is 7.89. The van der Waals surface area contributed by atoms with Crippen LogP contribution in [0.1, 0.15) is 38.5 Å². The first-order valence-corrected chi connectivity index (χ1v) is 9.31.